The minimum Gasteiger partial charge on any atom is -0.494 e. The van der Waals surface area contributed by atoms with E-state index in [2.05, 4.69) is 4.74 Å². The van der Waals surface area contributed by atoms with E-state index >= 15 is 0 Å². The van der Waals surface area contributed by atoms with Crippen molar-refractivity contribution in [2.75, 3.05) is 6.61 Å². The minimum absolute atomic E-state index is 0.0262. The first-order valence-electron chi connectivity index (χ1n) is 7.09. The molecule has 0 spiro atoms. The van der Waals surface area contributed by atoms with Crippen molar-refractivity contribution < 1.29 is 23.0 Å². The summed E-state index contributed by atoms with van der Waals surface area (Å²) in [5.41, 5.74) is 0.893. The number of ketones is 1. The maximum absolute atomic E-state index is 12.3. The monoisotopic (exact) mass is 318 g/mol. The molecule has 0 unspecified atom stereocenters. The van der Waals surface area contributed by atoms with Gasteiger partial charge in [0.15, 0.2) is 5.78 Å². The third-order valence-electron chi connectivity index (χ3n) is 3.00. The zero-order chi connectivity index (χ0) is 16.7. The van der Waals surface area contributed by atoms with E-state index in [9.17, 15) is 13.6 Å². The average molecular weight is 318 g/mol. The molecule has 5 heteroatoms. The summed E-state index contributed by atoms with van der Waals surface area (Å²) >= 11 is 0. The molecule has 0 amide bonds. The van der Waals surface area contributed by atoms with Gasteiger partial charge in [0.2, 0.25) is 0 Å². The first-order valence-corrected chi connectivity index (χ1v) is 7.09. The second-order valence-electron chi connectivity index (χ2n) is 4.57. The predicted molar refractivity (Wildman–Crippen MR) is 84.0 cm³/mol. The van der Waals surface area contributed by atoms with E-state index in [0.29, 0.717) is 23.5 Å². The van der Waals surface area contributed by atoms with Crippen LogP contribution in [-0.4, -0.2) is 19.0 Å². The van der Waals surface area contributed by atoms with Gasteiger partial charge < -0.3 is 9.47 Å². The highest BCUT2D eigenvalue weighted by atomic mass is 19.3. The van der Waals surface area contributed by atoms with E-state index < -0.39 is 6.61 Å². The highest BCUT2D eigenvalue weighted by molar-refractivity contribution is 6.07. The zero-order valence-electron chi connectivity index (χ0n) is 12.5. The van der Waals surface area contributed by atoms with Gasteiger partial charge in [-0.25, -0.2) is 0 Å². The fourth-order valence-electron chi connectivity index (χ4n) is 1.97. The number of hydrogen-bond acceptors (Lipinski definition) is 3. The van der Waals surface area contributed by atoms with Crippen molar-refractivity contribution in [1.82, 2.24) is 0 Å². The quantitative estimate of drug-likeness (QED) is 0.553. The van der Waals surface area contributed by atoms with Crippen molar-refractivity contribution in [3.8, 4) is 11.5 Å². The summed E-state index contributed by atoms with van der Waals surface area (Å²) in [4.78, 5) is 12.1. The van der Waals surface area contributed by atoms with E-state index in [-0.39, 0.29) is 11.5 Å². The van der Waals surface area contributed by atoms with E-state index in [0.717, 1.165) is 0 Å². The van der Waals surface area contributed by atoms with Crippen LogP contribution in [0.1, 0.15) is 22.8 Å². The average Bonchev–Trinajstić information content (AvgIpc) is 2.54. The molecule has 3 nitrogen and oxygen atoms in total. The molecule has 0 saturated heterocycles. The predicted octanol–water partition coefficient (Wildman–Crippen LogP) is 4.58. The lowest BCUT2D eigenvalue weighted by Gasteiger charge is -2.07. The Morgan fingerprint density at radius 1 is 1.13 bits per heavy atom. The number of rotatable bonds is 7. The third kappa shape index (κ3) is 4.92. The number of carbonyl (C=O) groups is 1. The van der Waals surface area contributed by atoms with Crippen molar-refractivity contribution in [2.45, 2.75) is 13.5 Å². The number of benzene rings is 2. The first-order chi connectivity index (χ1) is 11.1. The minimum atomic E-state index is -2.91. The van der Waals surface area contributed by atoms with E-state index in [1.807, 2.05) is 6.92 Å². The lowest BCUT2D eigenvalue weighted by molar-refractivity contribution is -0.0499. The van der Waals surface area contributed by atoms with E-state index in [4.69, 9.17) is 4.74 Å². The lowest BCUT2D eigenvalue weighted by atomic mass is 10.1. The van der Waals surface area contributed by atoms with E-state index in [1.165, 1.54) is 18.2 Å². The largest absolute Gasteiger partial charge is 0.494 e. The van der Waals surface area contributed by atoms with Gasteiger partial charge in [0.25, 0.3) is 0 Å². The van der Waals surface area contributed by atoms with Crippen molar-refractivity contribution >= 4 is 11.9 Å². The standard InChI is InChI=1S/C18H16F2O3/c1-2-22-15-10-7-13(8-11-15)16(21)12-9-14-5-3-4-6-17(14)23-18(19)20/h3-12,18H,2H2,1H3/b12-9+. The molecule has 2 rings (SSSR count). The van der Waals surface area contributed by atoms with Crippen LogP contribution in [0.4, 0.5) is 8.78 Å². The molecule has 120 valence electrons. The number of halogens is 2. The molecule has 0 heterocycles. The van der Waals surface area contributed by atoms with Gasteiger partial charge in [-0.1, -0.05) is 18.2 Å². The number of hydrogen-bond donors (Lipinski definition) is 0. The number of para-hydroxylation sites is 1. The van der Waals surface area contributed by atoms with Crippen LogP contribution in [0.3, 0.4) is 0 Å². The van der Waals surface area contributed by atoms with Gasteiger partial charge in [0.1, 0.15) is 11.5 Å². The molecule has 0 aliphatic heterocycles. The van der Waals surface area contributed by atoms with Crippen LogP contribution in [0.2, 0.25) is 0 Å². The smallest absolute Gasteiger partial charge is 0.387 e. The second kappa shape index (κ2) is 8.08. The van der Waals surface area contributed by atoms with E-state index in [1.54, 1.807) is 42.5 Å². The Labute approximate surface area is 133 Å². The summed E-state index contributed by atoms with van der Waals surface area (Å²) < 4.78 is 34.4. The van der Waals surface area contributed by atoms with Crippen molar-refractivity contribution in [3.05, 3.63) is 65.7 Å². The normalized spacial score (nSPS) is 11.0. The van der Waals surface area contributed by atoms with Crippen LogP contribution in [0.15, 0.2) is 54.6 Å². The Morgan fingerprint density at radius 3 is 2.48 bits per heavy atom. The zero-order valence-corrected chi connectivity index (χ0v) is 12.5. The molecule has 0 saturated carbocycles. The number of carbonyl (C=O) groups excluding carboxylic acids is 1. The van der Waals surface area contributed by atoms with Crippen molar-refractivity contribution in [2.24, 2.45) is 0 Å². The van der Waals surface area contributed by atoms with Crippen molar-refractivity contribution in [1.29, 1.82) is 0 Å². The third-order valence-corrected chi connectivity index (χ3v) is 3.00. The molecular weight excluding hydrogens is 302 g/mol. The highest BCUT2D eigenvalue weighted by Gasteiger charge is 2.08. The summed E-state index contributed by atoms with van der Waals surface area (Å²) in [5, 5.41) is 0. The molecule has 0 N–H and O–H groups in total. The van der Waals surface area contributed by atoms with Crippen LogP contribution >= 0.6 is 0 Å². The fourth-order valence-corrected chi connectivity index (χ4v) is 1.97. The van der Waals surface area contributed by atoms with Crippen LogP contribution in [0.5, 0.6) is 11.5 Å². The topological polar surface area (TPSA) is 35.5 Å². The lowest BCUT2D eigenvalue weighted by Crippen LogP contribution is -2.03. The Kier molecular flexibility index (Phi) is 5.86. The van der Waals surface area contributed by atoms with Gasteiger partial charge in [-0.3, -0.25) is 4.79 Å². The SMILES string of the molecule is CCOc1ccc(C(=O)/C=C/c2ccccc2OC(F)F)cc1. The van der Waals surface area contributed by atoms with Crippen LogP contribution in [0, 0.1) is 0 Å². The molecule has 0 bridgehead atoms. The van der Waals surface area contributed by atoms with Gasteiger partial charge in [-0.2, -0.15) is 8.78 Å². The van der Waals surface area contributed by atoms with Gasteiger partial charge in [-0.05, 0) is 49.4 Å². The molecule has 23 heavy (non-hydrogen) atoms. The van der Waals surface area contributed by atoms with Crippen LogP contribution in [0.25, 0.3) is 6.08 Å². The fraction of sp³-hybridized carbons (Fsp3) is 0.167. The van der Waals surface area contributed by atoms with Gasteiger partial charge in [-0.15, -0.1) is 0 Å². The number of ether oxygens (including phenoxy) is 2. The summed E-state index contributed by atoms with van der Waals surface area (Å²) in [7, 11) is 0. The Hall–Kier alpha value is -2.69. The Balaban J connectivity index is 2.12. The summed E-state index contributed by atoms with van der Waals surface area (Å²) in [6.07, 6.45) is 2.78. The van der Waals surface area contributed by atoms with Gasteiger partial charge in [0.05, 0.1) is 6.61 Å². The first kappa shape index (κ1) is 16.7. The highest BCUT2D eigenvalue weighted by Crippen LogP contribution is 2.22. The Morgan fingerprint density at radius 2 is 1.83 bits per heavy atom. The summed E-state index contributed by atoms with van der Waals surface area (Å²) in [6.45, 7) is -0.485. The molecular formula is C18H16F2O3. The van der Waals surface area contributed by atoms with Crippen molar-refractivity contribution in [3.63, 3.8) is 0 Å². The molecule has 2 aromatic rings. The van der Waals surface area contributed by atoms with Gasteiger partial charge >= 0.3 is 6.61 Å². The Bertz CT molecular complexity index is 679. The molecule has 0 aliphatic carbocycles. The molecule has 2 aromatic carbocycles. The van der Waals surface area contributed by atoms with Crippen LogP contribution in [-0.2, 0) is 0 Å². The molecule has 0 aromatic heterocycles. The summed E-state index contributed by atoms with van der Waals surface area (Å²) in [5.74, 6) is 0.474. The molecule has 0 aliphatic rings. The van der Waals surface area contributed by atoms with Gasteiger partial charge in [0, 0.05) is 11.1 Å². The second-order valence-corrected chi connectivity index (χ2v) is 4.57. The number of allylic oxidation sites excluding steroid dienone is 1. The van der Waals surface area contributed by atoms with Crippen LogP contribution < -0.4 is 9.47 Å². The maximum atomic E-state index is 12.3. The summed E-state index contributed by atoms with van der Waals surface area (Å²) in [6, 6.07) is 13.0. The number of alkyl halides is 2. The molecule has 0 atom stereocenters. The molecule has 0 fully saturated rings. The maximum Gasteiger partial charge on any atom is 0.387 e. The molecule has 0 radical (unpaired) electrons.